The third-order valence-electron chi connectivity index (χ3n) is 3.93. The third kappa shape index (κ3) is 4.83. The first-order valence-electron chi connectivity index (χ1n) is 8.40. The van der Waals surface area contributed by atoms with Crippen LogP contribution in [0.3, 0.4) is 0 Å². The largest absolute Gasteiger partial charge is 0.473 e. The molecule has 0 unspecified atom stereocenters. The van der Waals surface area contributed by atoms with Crippen LogP contribution in [0.5, 0.6) is 5.88 Å². The molecule has 0 spiro atoms. The molecule has 2 heterocycles. The van der Waals surface area contributed by atoms with E-state index in [2.05, 4.69) is 16.9 Å². The molecule has 0 aliphatic carbocycles. The predicted octanol–water partition coefficient (Wildman–Crippen LogP) is 3.38. The second-order valence-electron chi connectivity index (χ2n) is 5.82. The Morgan fingerprint density at radius 1 is 1.23 bits per heavy atom. The molecule has 3 rings (SSSR count). The van der Waals surface area contributed by atoms with Gasteiger partial charge in [0.15, 0.2) is 0 Å². The van der Waals surface area contributed by atoms with E-state index in [4.69, 9.17) is 4.74 Å². The van der Waals surface area contributed by atoms with E-state index < -0.39 is 0 Å². The molecule has 1 amide bonds. The summed E-state index contributed by atoms with van der Waals surface area (Å²) in [4.78, 5) is 18.4. The topological polar surface area (TPSA) is 54.5 Å². The Morgan fingerprint density at radius 2 is 2.08 bits per heavy atom. The van der Waals surface area contributed by atoms with Gasteiger partial charge in [-0.3, -0.25) is 4.79 Å². The van der Waals surface area contributed by atoms with Crippen LogP contribution in [0.4, 0.5) is 0 Å². The highest BCUT2D eigenvalue weighted by atomic mass is 16.5. The number of aromatic nitrogens is 1. The fraction of sp³-hybridized carbons (Fsp3) is 0.143. The number of nitrogens with zero attached hydrogens (tertiary/aromatic N) is 2. The molecule has 0 fully saturated rings. The monoisotopic (exact) mass is 347 g/mol. The average molecular weight is 347 g/mol. The van der Waals surface area contributed by atoms with Gasteiger partial charge in [-0.2, -0.15) is 0 Å². The lowest BCUT2D eigenvalue weighted by Crippen LogP contribution is -2.35. The van der Waals surface area contributed by atoms with E-state index in [-0.39, 0.29) is 5.91 Å². The van der Waals surface area contributed by atoms with Gasteiger partial charge in [-0.05, 0) is 23.3 Å². The first-order valence-corrected chi connectivity index (χ1v) is 8.40. The molecule has 5 heteroatoms. The second-order valence-corrected chi connectivity index (χ2v) is 5.82. The zero-order chi connectivity index (χ0) is 18.2. The van der Waals surface area contributed by atoms with Crippen molar-refractivity contribution in [2.24, 2.45) is 0 Å². The minimum atomic E-state index is -0.160. The number of benzene rings is 1. The van der Waals surface area contributed by atoms with E-state index in [1.54, 1.807) is 18.2 Å². The second kappa shape index (κ2) is 8.67. The van der Waals surface area contributed by atoms with Gasteiger partial charge in [0.2, 0.25) is 5.88 Å². The highest BCUT2D eigenvalue weighted by molar-refractivity contribution is 5.93. The van der Waals surface area contributed by atoms with E-state index in [1.165, 1.54) is 6.20 Å². The molecule has 5 nitrogen and oxygen atoms in total. The molecule has 0 atom stereocenters. The van der Waals surface area contributed by atoms with Crippen LogP contribution in [0.15, 0.2) is 73.6 Å². The number of amides is 1. The molecular weight excluding hydrogens is 326 g/mol. The summed E-state index contributed by atoms with van der Waals surface area (Å²) in [6, 6.07) is 11.4. The van der Waals surface area contributed by atoms with E-state index >= 15 is 0 Å². The molecule has 1 aliphatic rings. The lowest BCUT2D eigenvalue weighted by Gasteiger charge is -2.20. The van der Waals surface area contributed by atoms with E-state index in [0.717, 1.165) is 17.7 Å². The molecule has 132 valence electrons. The average Bonchev–Trinajstić information content (AvgIpc) is 2.72. The smallest absolute Gasteiger partial charge is 0.254 e. The maximum Gasteiger partial charge on any atom is 0.254 e. The van der Waals surface area contributed by atoms with E-state index in [9.17, 15) is 4.79 Å². The normalized spacial score (nSPS) is 12.7. The van der Waals surface area contributed by atoms with Gasteiger partial charge < -0.3 is 15.0 Å². The lowest BCUT2D eigenvalue weighted by atomic mass is 10.1. The number of carbonyl (C=O) groups excluding carboxylic acids is 1. The van der Waals surface area contributed by atoms with Crippen LogP contribution in [0, 0.1) is 0 Å². The number of nitrogens with one attached hydrogen (secondary N) is 1. The SMILES string of the molecule is C=Cc1ccc(COc2ccc(C(=O)NCN3C=CC=CC3)cn2)cc1. The Bertz CT molecular complexity index is 808. The Labute approximate surface area is 153 Å². The van der Waals surface area contributed by atoms with Gasteiger partial charge in [0, 0.05) is 25.0 Å². The van der Waals surface area contributed by atoms with Crippen molar-refractivity contribution in [3.05, 3.63) is 90.3 Å². The number of ether oxygens (including phenoxy) is 1. The molecule has 0 radical (unpaired) electrons. The van der Waals surface area contributed by atoms with Crippen LogP contribution in [0.25, 0.3) is 6.08 Å². The van der Waals surface area contributed by atoms with Crippen LogP contribution in [-0.2, 0) is 6.61 Å². The highest BCUT2D eigenvalue weighted by Crippen LogP contribution is 2.12. The zero-order valence-corrected chi connectivity index (χ0v) is 14.5. The van der Waals surface area contributed by atoms with Gasteiger partial charge in [-0.1, -0.05) is 49.1 Å². The van der Waals surface area contributed by atoms with Crippen LogP contribution in [0.2, 0.25) is 0 Å². The number of hydrogen-bond donors (Lipinski definition) is 1. The summed E-state index contributed by atoms with van der Waals surface area (Å²) in [5.41, 5.74) is 2.62. The van der Waals surface area contributed by atoms with Crippen molar-refractivity contribution in [2.45, 2.75) is 6.61 Å². The van der Waals surface area contributed by atoms with Crippen molar-refractivity contribution in [1.82, 2.24) is 15.2 Å². The van der Waals surface area contributed by atoms with Gasteiger partial charge in [-0.15, -0.1) is 0 Å². The fourth-order valence-electron chi connectivity index (χ4n) is 2.41. The van der Waals surface area contributed by atoms with Crippen LogP contribution >= 0.6 is 0 Å². The van der Waals surface area contributed by atoms with E-state index in [1.807, 2.05) is 53.6 Å². The molecular formula is C21H21N3O2. The predicted molar refractivity (Wildman–Crippen MR) is 102 cm³/mol. The van der Waals surface area contributed by atoms with Crippen molar-refractivity contribution in [3.63, 3.8) is 0 Å². The van der Waals surface area contributed by atoms with Gasteiger partial charge in [0.25, 0.3) is 5.91 Å². The Morgan fingerprint density at radius 3 is 2.73 bits per heavy atom. The summed E-state index contributed by atoms with van der Waals surface area (Å²) in [5.74, 6) is 0.325. The summed E-state index contributed by atoms with van der Waals surface area (Å²) < 4.78 is 5.66. The molecule has 1 aliphatic heterocycles. The summed E-state index contributed by atoms with van der Waals surface area (Å²) in [7, 11) is 0. The minimum absolute atomic E-state index is 0.160. The summed E-state index contributed by atoms with van der Waals surface area (Å²) in [6.07, 6.45) is 11.2. The standard InChI is InChI=1S/C21H21N3O2/c1-2-17-6-8-18(9-7-17)15-26-20-11-10-19(14-22-20)21(25)23-16-24-12-4-3-5-13-24/h2-12,14H,1,13,15-16H2,(H,23,25). The Balaban J connectivity index is 1.49. The van der Waals surface area contributed by atoms with Gasteiger partial charge >= 0.3 is 0 Å². The summed E-state index contributed by atoms with van der Waals surface area (Å²) in [5, 5.41) is 2.87. The van der Waals surface area contributed by atoms with Crippen molar-refractivity contribution in [2.75, 3.05) is 13.2 Å². The van der Waals surface area contributed by atoms with Gasteiger partial charge in [-0.25, -0.2) is 4.98 Å². The quantitative estimate of drug-likeness (QED) is 0.834. The molecule has 0 bridgehead atoms. The van der Waals surface area contributed by atoms with Crippen molar-refractivity contribution >= 4 is 12.0 Å². The molecule has 0 saturated heterocycles. The Hall–Kier alpha value is -3.34. The molecule has 1 aromatic carbocycles. The molecule has 26 heavy (non-hydrogen) atoms. The lowest BCUT2D eigenvalue weighted by molar-refractivity contribution is 0.0936. The number of allylic oxidation sites excluding steroid dienone is 2. The van der Waals surface area contributed by atoms with Crippen molar-refractivity contribution in [1.29, 1.82) is 0 Å². The zero-order valence-electron chi connectivity index (χ0n) is 14.5. The van der Waals surface area contributed by atoms with Crippen molar-refractivity contribution in [3.8, 4) is 5.88 Å². The third-order valence-corrected chi connectivity index (χ3v) is 3.93. The number of hydrogen-bond acceptors (Lipinski definition) is 4. The number of carbonyl (C=O) groups is 1. The van der Waals surface area contributed by atoms with Crippen molar-refractivity contribution < 1.29 is 9.53 Å². The van der Waals surface area contributed by atoms with Gasteiger partial charge in [0.05, 0.1) is 12.2 Å². The van der Waals surface area contributed by atoms with E-state index in [0.29, 0.717) is 24.7 Å². The fourth-order valence-corrected chi connectivity index (χ4v) is 2.41. The first-order chi connectivity index (χ1) is 12.7. The molecule has 0 saturated carbocycles. The molecule has 1 aromatic heterocycles. The summed E-state index contributed by atoms with van der Waals surface area (Å²) in [6.45, 7) is 5.40. The maximum absolute atomic E-state index is 12.2. The van der Waals surface area contributed by atoms with Crippen LogP contribution in [0.1, 0.15) is 21.5 Å². The molecule has 1 N–H and O–H groups in total. The van der Waals surface area contributed by atoms with Crippen LogP contribution < -0.4 is 10.1 Å². The number of pyridine rings is 1. The molecule has 2 aromatic rings. The van der Waals surface area contributed by atoms with Gasteiger partial charge in [0.1, 0.15) is 6.61 Å². The van der Waals surface area contributed by atoms with Crippen LogP contribution in [-0.4, -0.2) is 29.0 Å². The minimum Gasteiger partial charge on any atom is -0.473 e. The summed E-state index contributed by atoms with van der Waals surface area (Å²) >= 11 is 0. The maximum atomic E-state index is 12.2. The number of rotatable bonds is 7. The highest BCUT2D eigenvalue weighted by Gasteiger charge is 2.08. The Kier molecular flexibility index (Phi) is 5.83. The first kappa shape index (κ1) is 17.5.